The average molecular weight is 428 g/mol. The maximum atomic E-state index is 12.1. The lowest BCUT2D eigenvalue weighted by Gasteiger charge is -2.05. The summed E-state index contributed by atoms with van der Waals surface area (Å²) in [6.07, 6.45) is 0. The Labute approximate surface area is 166 Å². The molecule has 0 amide bonds. The van der Waals surface area contributed by atoms with Crippen molar-refractivity contribution in [2.45, 2.75) is 0 Å². The van der Waals surface area contributed by atoms with Gasteiger partial charge in [0.15, 0.2) is 5.69 Å². The Bertz CT molecular complexity index is 1160. The van der Waals surface area contributed by atoms with E-state index in [1.165, 1.54) is 0 Å². The highest BCUT2D eigenvalue weighted by Crippen LogP contribution is 2.34. The van der Waals surface area contributed by atoms with Crippen LogP contribution in [0.15, 0.2) is 41.0 Å². The summed E-state index contributed by atoms with van der Waals surface area (Å²) in [4.78, 5) is 0.267. The predicted molar refractivity (Wildman–Crippen MR) is 99.5 cm³/mol. The molecule has 0 fully saturated rings. The van der Waals surface area contributed by atoms with Crippen molar-refractivity contribution in [3.63, 3.8) is 0 Å². The molecule has 4 aromatic rings. The van der Waals surface area contributed by atoms with Crippen LogP contribution >= 0.6 is 46.4 Å². The SMILES string of the molecule is [O-][n+]1onc2c(-c3ccc(Cl)c(Cl)c3)nnc(-c3ccc(Cl)c(Cl)c3)c21. The minimum Gasteiger partial charge on any atom is -0.359 e. The molecule has 0 unspecified atom stereocenters. The monoisotopic (exact) mass is 426 g/mol. The van der Waals surface area contributed by atoms with Crippen molar-refractivity contribution in [3.8, 4) is 22.5 Å². The topological polar surface area (TPSA) is 78.8 Å². The molecule has 0 N–H and O–H groups in total. The molecule has 130 valence electrons. The van der Waals surface area contributed by atoms with Gasteiger partial charge in [-0.15, -0.1) is 10.2 Å². The average Bonchev–Trinajstić information content (AvgIpc) is 3.01. The number of hydrogen-bond acceptors (Lipinski definition) is 5. The highest BCUT2D eigenvalue weighted by molar-refractivity contribution is 6.42. The summed E-state index contributed by atoms with van der Waals surface area (Å²) < 4.78 is 4.76. The normalized spacial score (nSPS) is 11.2. The van der Waals surface area contributed by atoms with E-state index in [2.05, 4.69) is 15.4 Å². The molecule has 4 rings (SSSR count). The van der Waals surface area contributed by atoms with Gasteiger partial charge < -0.3 is 5.21 Å². The van der Waals surface area contributed by atoms with Gasteiger partial charge in [0.25, 0.3) is 11.0 Å². The summed E-state index contributed by atoms with van der Waals surface area (Å²) >= 11 is 24.0. The van der Waals surface area contributed by atoms with Gasteiger partial charge in [-0.25, -0.2) is 0 Å². The summed E-state index contributed by atoms with van der Waals surface area (Å²) in [7, 11) is 0. The molecule has 2 aromatic carbocycles. The van der Waals surface area contributed by atoms with E-state index < -0.39 is 0 Å². The number of nitrogens with zero attached hydrogens (tertiary/aromatic N) is 4. The lowest BCUT2D eigenvalue weighted by molar-refractivity contribution is -0.782. The van der Waals surface area contributed by atoms with Crippen LogP contribution < -0.4 is 4.90 Å². The van der Waals surface area contributed by atoms with Gasteiger partial charge in [0.2, 0.25) is 0 Å². The minimum atomic E-state index is 0.111. The first-order chi connectivity index (χ1) is 12.5. The highest BCUT2D eigenvalue weighted by Gasteiger charge is 2.24. The molecule has 6 nitrogen and oxygen atoms in total. The van der Waals surface area contributed by atoms with E-state index in [9.17, 15) is 5.21 Å². The fourth-order valence-corrected chi connectivity index (χ4v) is 3.07. The molecule has 0 aliphatic heterocycles. The van der Waals surface area contributed by atoms with Crippen molar-refractivity contribution in [2.24, 2.45) is 0 Å². The fourth-order valence-electron chi connectivity index (χ4n) is 2.47. The van der Waals surface area contributed by atoms with E-state index in [1.54, 1.807) is 36.4 Å². The molecule has 0 bridgehead atoms. The molecule has 2 heterocycles. The van der Waals surface area contributed by atoms with E-state index in [4.69, 9.17) is 51.0 Å². The molecule has 0 spiro atoms. The van der Waals surface area contributed by atoms with Gasteiger partial charge in [0.05, 0.1) is 20.1 Å². The lowest BCUT2D eigenvalue weighted by Crippen LogP contribution is -2.23. The molecule has 26 heavy (non-hydrogen) atoms. The van der Waals surface area contributed by atoms with Gasteiger partial charge in [0, 0.05) is 16.3 Å². The molecular weight excluding hydrogens is 422 g/mol. The van der Waals surface area contributed by atoms with Gasteiger partial charge in [-0.3, -0.25) is 4.63 Å². The zero-order valence-corrected chi connectivity index (χ0v) is 15.6. The lowest BCUT2D eigenvalue weighted by atomic mass is 10.1. The van der Waals surface area contributed by atoms with E-state index in [0.29, 0.717) is 36.9 Å². The van der Waals surface area contributed by atoms with E-state index in [-0.39, 0.29) is 21.6 Å². The maximum absolute atomic E-state index is 12.1. The van der Waals surface area contributed by atoms with Crippen LogP contribution in [0.1, 0.15) is 0 Å². The number of halogens is 4. The Morgan fingerprint density at radius 2 is 1.31 bits per heavy atom. The molecule has 0 aliphatic rings. The summed E-state index contributed by atoms with van der Waals surface area (Å²) in [5.41, 5.74) is 2.07. The number of hydrogen-bond donors (Lipinski definition) is 0. The van der Waals surface area contributed by atoms with Gasteiger partial charge in [-0.1, -0.05) is 58.5 Å². The molecular formula is C16H6Cl4N4O2. The standard InChI is InChI=1S/C16H6Cl4N4O2/c17-9-3-1-7(5-11(9)19)13-15-16(24(25)26-23-15)14(22-21-13)8-2-4-10(18)12(20)6-8/h1-6H. The maximum Gasteiger partial charge on any atom is 0.278 e. The largest absolute Gasteiger partial charge is 0.359 e. The molecule has 0 atom stereocenters. The third-order valence-electron chi connectivity index (χ3n) is 3.70. The van der Waals surface area contributed by atoms with Crippen LogP contribution in [-0.4, -0.2) is 15.4 Å². The molecule has 0 saturated carbocycles. The van der Waals surface area contributed by atoms with Crippen LogP contribution in [-0.2, 0) is 0 Å². The zero-order chi connectivity index (χ0) is 18.4. The first kappa shape index (κ1) is 17.3. The first-order valence-electron chi connectivity index (χ1n) is 7.12. The van der Waals surface area contributed by atoms with Crippen LogP contribution in [0.25, 0.3) is 33.5 Å². The molecule has 0 radical (unpaired) electrons. The Balaban J connectivity index is 1.97. The third-order valence-corrected chi connectivity index (χ3v) is 5.18. The second-order valence-corrected chi connectivity index (χ2v) is 6.91. The number of aromatic nitrogens is 4. The summed E-state index contributed by atoms with van der Waals surface area (Å²) in [5, 5.41) is 25.7. The van der Waals surface area contributed by atoms with Gasteiger partial charge in [0.1, 0.15) is 5.69 Å². The molecule has 0 saturated heterocycles. The van der Waals surface area contributed by atoms with Gasteiger partial charge in [-0.2, -0.15) is 0 Å². The Kier molecular flexibility index (Phi) is 4.36. The molecule has 10 heteroatoms. The summed E-state index contributed by atoms with van der Waals surface area (Å²) in [5.74, 6) is 0. The summed E-state index contributed by atoms with van der Waals surface area (Å²) in [6.45, 7) is 0. The molecule has 0 aliphatic carbocycles. The Morgan fingerprint density at radius 3 is 1.88 bits per heavy atom. The number of benzene rings is 2. The van der Waals surface area contributed by atoms with E-state index in [0.717, 1.165) is 0 Å². The quantitative estimate of drug-likeness (QED) is 0.411. The van der Waals surface area contributed by atoms with Crippen molar-refractivity contribution in [3.05, 3.63) is 61.7 Å². The smallest absolute Gasteiger partial charge is 0.278 e. The van der Waals surface area contributed by atoms with Crippen molar-refractivity contribution in [2.75, 3.05) is 0 Å². The third kappa shape index (κ3) is 2.85. The van der Waals surface area contributed by atoms with Crippen molar-refractivity contribution < 1.29 is 9.53 Å². The Hall–Kier alpha value is -2.12. The highest BCUT2D eigenvalue weighted by atomic mass is 35.5. The fraction of sp³-hybridized carbons (Fsp3) is 0. The zero-order valence-electron chi connectivity index (χ0n) is 12.6. The first-order valence-corrected chi connectivity index (χ1v) is 8.64. The second-order valence-electron chi connectivity index (χ2n) is 5.28. The van der Waals surface area contributed by atoms with E-state index >= 15 is 0 Å². The van der Waals surface area contributed by atoms with Crippen LogP contribution in [0.3, 0.4) is 0 Å². The van der Waals surface area contributed by atoms with Crippen LogP contribution in [0.2, 0.25) is 20.1 Å². The van der Waals surface area contributed by atoms with Crippen molar-refractivity contribution >= 4 is 57.4 Å². The van der Waals surface area contributed by atoms with Crippen LogP contribution in [0.4, 0.5) is 0 Å². The van der Waals surface area contributed by atoms with Gasteiger partial charge in [-0.05, 0) is 29.2 Å². The second kappa shape index (κ2) is 6.55. The van der Waals surface area contributed by atoms with Crippen LogP contribution in [0.5, 0.6) is 0 Å². The molecule has 2 aromatic heterocycles. The minimum absolute atomic E-state index is 0.111. The Morgan fingerprint density at radius 1 is 0.769 bits per heavy atom. The number of fused-ring (bicyclic) bond motifs is 1. The summed E-state index contributed by atoms with van der Waals surface area (Å²) in [6, 6.07) is 9.77. The van der Waals surface area contributed by atoms with Crippen molar-refractivity contribution in [1.29, 1.82) is 0 Å². The van der Waals surface area contributed by atoms with Crippen molar-refractivity contribution in [1.82, 2.24) is 15.4 Å². The predicted octanol–water partition coefficient (Wildman–Crippen LogP) is 5.20. The van der Waals surface area contributed by atoms with E-state index in [1.807, 2.05) is 0 Å². The number of rotatable bonds is 2. The van der Waals surface area contributed by atoms with Gasteiger partial charge >= 0.3 is 0 Å². The van der Waals surface area contributed by atoms with Crippen LogP contribution in [0, 0.1) is 5.21 Å².